The molecule has 0 amide bonds. The summed E-state index contributed by atoms with van der Waals surface area (Å²) in [4.78, 5) is 0. The van der Waals surface area contributed by atoms with Crippen molar-refractivity contribution in [3.05, 3.63) is 21.3 Å². The van der Waals surface area contributed by atoms with Crippen LogP contribution in [0.15, 0.2) is 0 Å². The largest absolute Gasteiger partial charge is 0.372 e. The van der Waals surface area contributed by atoms with Gasteiger partial charge in [0.05, 0.1) is 0 Å². The quantitative estimate of drug-likeness (QED) is 0.591. The van der Waals surface area contributed by atoms with Gasteiger partial charge in [0.15, 0.2) is 0 Å². The van der Waals surface area contributed by atoms with Crippen LogP contribution in [0.4, 0.5) is 0 Å². The van der Waals surface area contributed by atoms with Crippen LogP contribution in [0.5, 0.6) is 0 Å². The molecular formula is C4H9WY-3. The molecule has 0 aromatic carbocycles. The summed E-state index contributed by atoms with van der Waals surface area (Å²) in [5.41, 5.74) is 0. The summed E-state index contributed by atoms with van der Waals surface area (Å²) in [6, 6.07) is 0. The standard InChI is InChI=1S/C3H6.CH3.W.Y/c1-3-2;;;/h1-3H2;1H3;;/q-2;-1;;. The van der Waals surface area contributed by atoms with E-state index in [1.165, 1.54) is 0 Å². The Labute approximate surface area is 80.6 Å². The molecule has 0 aliphatic carbocycles. The Balaban J connectivity index is -0.00000000667. The smallest absolute Gasteiger partial charge is 0 e. The zero-order valence-corrected chi connectivity index (χ0v) is 9.88. The molecule has 2 heteroatoms. The topological polar surface area (TPSA) is 0 Å². The molecule has 0 atom stereocenters. The van der Waals surface area contributed by atoms with Crippen molar-refractivity contribution in [1.29, 1.82) is 0 Å². The Morgan fingerprint density at radius 3 is 1.17 bits per heavy atom. The molecule has 6 heavy (non-hydrogen) atoms. The molecule has 0 fully saturated rings. The molecule has 0 N–H and O–H groups in total. The van der Waals surface area contributed by atoms with Crippen molar-refractivity contribution in [3.63, 3.8) is 0 Å². The number of hydrogen-bond donors (Lipinski definition) is 0. The van der Waals surface area contributed by atoms with Gasteiger partial charge in [-0.2, -0.15) is 0 Å². The third kappa shape index (κ3) is 41.4. The predicted molar refractivity (Wildman–Crippen MR) is 21.7 cm³/mol. The first-order valence-electron chi connectivity index (χ1n) is 1.000. The average molecular weight is 330 g/mol. The minimum atomic E-state index is 0. The first kappa shape index (κ1) is 25.0. The van der Waals surface area contributed by atoms with Crippen molar-refractivity contribution >= 4 is 0 Å². The van der Waals surface area contributed by atoms with Gasteiger partial charge in [-0.15, -0.1) is 0 Å². The maximum absolute atomic E-state index is 3.38. The van der Waals surface area contributed by atoms with E-state index in [1.807, 2.05) is 0 Å². The molecule has 0 aromatic rings. The van der Waals surface area contributed by atoms with Crippen LogP contribution in [-0.2, 0) is 53.8 Å². The van der Waals surface area contributed by atoms with Gasteiger partial charge in [-0.25, -0.2) is 0 Å². The molecule has 0 spiro atoms. The number of rotatable bonds is 0. The Morgan fingerprint density at radius 2 is 1.17 bits per heavy atom. The minimum Gasteiger partial charge on any atom is -0.372 e. The maximum Gasteiger partial charge on any atom is 0 e. The summed E-state index contributed by atoms with van der Waals surface area (Å²) in [6.07, 6.45) is 0.750. The van der Waals surface area contributed by atoms with Crippen LogP contribution in [0.1, 0.15) is 6.42 Å². The number of hydrogen-bond acceptors (Lipinski definition) is 0. The molecule has 0 rings (SSSR count). The van der Waals surface area contributed by atoms with E-state index in [0.29, 0.717) is 0 Å². The maximum atomic E-state index is 3.38. The monoisotopic (exact) mass is 330 g/mol. The molecule has 0 aliphatic heterocycles. The van der Waals surface area contributed by atoms with E-state index in [1.54, 1.807) is 0 Å². The molecule has 0 saturated heterocycles. The fourth-order valence-corrected chi connectivity index (χ4v) is 0. The second-order valence-electron chi connectivity index (χ2n) is 0.354. The molecular weight excluding hydrogens is 321 g/mol. The molecule has 0 heterocycles. The molecule has 0 aliphatic rings. The third-order valence-corrected chi connectivity index (χ3v) is 0. The van der Waals surface area contributed by atoms with Gasteiger partial charge in [-0.05, 0) is 0 Å². The van der Waals surface area contributed by atoms with E-state index in [4.69, 9.17) is 0 Å². The zero-order valence-electron chi connectivity index (χ0n) is 4.11. The van der Waals surface area contributed by atoms with Crippen molar-refractivity contribution in [2.24, 2.45) is 0 Å². The normalized spacial score (nSPS) is 3.00. The van der Waals surface area contributed by atoms with Gasteiger partial charge in [0.25, 0.3) is 0 Å². The summed E-state index contributed by atoms with van der Waals surface area (Å²) in [6.45, 7) is 6.75. The van der Waals surface area contributed by atoms with E-state index >= 15 is 0 Å². The zero-order chi connectivity index (χ0) is 2.71. The Morgan fingerprint density at radius 1 is 1.17 bits per heavy atom. The predicted octanol–water partition coefficient (Wildman–Crippen LogP) is 1.49. The summed E-state index contributed by atoms with van der Waals surface area (Å²) in [7, 11) is 0. The van der Waals surface area contributed by atoms with Crippen molar-refractivity contribution in [3.8, 4) is 0 Å². The fraction of sp³-hybridized carbons (Fsp3) is 0.250. The second-order valence-corrected chi connectivity index (χ2v) is 0.354. The average Bonchev–Trinajstić information content (AvgIpc) is 0.918. The second kappa shape index (κ2) is 29.2. The summed E-state index contributed by atoms with van der Waals surface area (Å²) in [5, 5.41) is 0. The van der Waals surface area contributed by atoms with Gasteiger partial charge in [-0.3, -0.25) is 0 Å². The molecule has 1 radical (unpaired) electrons. The van der Waals surface area contributed by atoms with Gasteiger partial charge in [-0.1, -0.05) is 0 Å². The molecule has 0 nitrogen and oxygen atoms in total. The molecule has 0 unspecified atom stereocenters. The van der Waals surface area contributed by atoms with Crippen LogP contribution in [0.3, 0.4) is 0 Å². The van der Waals surface area contributed by atoms with Crippen molar-refractivity contribution < 1.29 is 53.8 Å². The van der Waals surface area contributed by atoms with E-state index in [0.717, 1.165) is 6.42 Å². The summed E-state index contributed by atoms with van der Waals surface area (Å²) < 4.78 is 0. The SMILES string of the molecule is [CH2-]C[CH2-].[CH3-].[W].[Y]. The van der Waals surface area contributed by atoms with E-state index in [9.17, 15) is 0 Å². The third-order valence-electron chi connectivity index (χ3n) is 0. The van der Waals surface area contributed by atoms with Gasteiger partial charge >= 0.3 is 0 Å². The van der Waals surface area contributed by atoms with Crippen LogP contribution in [0.25, 0.3) is 0 Å². The van der Waals surface area contributed by atoms with Crippen LogP contribution in [0, 0.1) is 21.3 Å². The van der Waals surface area contributed by atoms with Gasteiger partial charge < -0.3 is 27.7 Å². The first-order valence-corrected chi connectivity index (χ1v) is 1.000. The van der Waals surface area contributed by atoms with Crippen LogP contribution in [0.2, 0.25) is 0 Å². The molecule has 0 bridgehead atoms. The Hall–Kier alpha value is 1.79. The van der Waals surface area contributed by atoms with E-state index in [-0.39, 0.29) is 61.2 Å². The first-order chi connectivity index (χ1) is 1.41. The summed E-state index contributed by atoms with van der Waals surface area (Å²) >= 11 is 0. The van der Waals surface area contributed by atoms with Crippen molar-refractivity contribution in [2.75, 3.05) is 0 Å². The van der Waals surface area contributed by atoms with E-state index in [2.05, 4.69) is 13.8 Å². The summed E-state index contributed by atoms with van der Waals surface area (Å²) in [5.74, 6) is 0. The van der Waals surface area contributed by atoms with E-state index < -0.39 is 0 Å². The van der Waals surface area contributed by atoms with Crippen molar-refractivity contribution in [2.45, 2.75) is 6.42 Å². The minimum absolute atomic E-state index is 0. The van der Waals surface area contributed by atoms with Gasteiger partial charge in [0, 0.05) is 53.8 Å². The Bertz CT molecular complexity index is 7.51. The van der Waals surface area contributed by atoms with Gasteiger partial charge in [0.1, 0.15) is 0 Å². The molecule has 0 aromatic heterocycles. The molecule has 37 valence electrons. The van der Waals surface area contributed by atoms with Crippen LogP contribution in [-0.4, -0.2) is 0 Å². The van der Waals surface area contributed by atoms with Crippen molar-refractivity contribution in [1.82, 2.24) is 0 Å². The van der Waals surface area contributed by atoms with Crippen LogP contribution >= 0.6 is 0 Å². The Kier molecular flexibility index (Phi) is 122. The molecule has 0 saturated carbocycles. The van der Waals surface area contributed by atoms with Gasteiger partial charge in [0.2, 0.25) is 0 Å². The van der Waals surface area contributed by atoms with Crippen LogP contribution < -0.4 is 0 Å². The fourth-order valence-electron chi connectivity index (χ4n) is 0.